The quantitative estimate of drug-likeness (QED) is 0.534. The molecule has 29 heavy (non-hydrogen) atoms. The molecular weight excluding hydrogens is 362 g/mol. The van der Waals surface area contributed by atoms with Crippen LogP contribution in [0.2, 0.25) is 0 Å². The van der Waals surface area contributed by atoms with Gasteiger partial charge in [-0.1, -0.05) is 5.92 Å². The topological polar surface area (TPSA) is 72.8 Å². The van der Waals surface area contributed by atoms with Crippen molar-refractivity contribution in [3.8, 4) is 17.7 Å². The van der Waals surface area contributed by atoms with E-state index in [-0.39, 0.29) is 0 Å². The van der Waals surface area contributed by atoms with E-state index in [1.54, 1.807) is 18.6 Å². The molecule has 0 fully saturated rings. The van der Waals surface area contributed by atoms with Crippen molar-refractivity contribution < 1.29 is 4.74 Å². The van der Waals surface area contributed by atoms with Gasteiger partial charge in [-0.05, 0) is 60.0 Å². The Morgan fingerprint density at radius 2 is 1.76 bits per heavy atom. The summed E-state index contributed by atoms with van der Waals surface area (Å²) in [6.07, 6.45) is 5.97. The molecule has 0 aliphatic rings. The number of benzene rings is 1. The summed E-state index contributed by atoms with van der Waals surface area (Å²) in [5.74, 6) is 6.63. The Morgan fingerprint density at radius 3 is 2.55 bits per heavy atom. The minimum absolute atomic E-state index is 0.416. The fourth-order valence-corrected chi connectivity index (χ4v) is 2.73. The summed E-state index contributed by atoms with van der Waals surface area (Å²) >= 11 is 0. The second-order valence-corrected chi connectivity index (χ2v) is 6.25. The SMILES string of the molecule is CNc1ccc(C#Cc2nc3ncccc3nc2OCCc2ccncc2)cc1. The molecule has 3 heterocycles. The molecule has 4 aromatic rings. The van der Waals surface area contributed by atoms with Crippen LogP contribution >= 0.6 is 0 Å². The number of anilines is 1. The zero-order valence-electron chi connectivity index (χ0n) is 16.0. The molecular formula is C23H19N5O. The minimum Gasteiger partial charge on any atom is -0.475 e. The van der Waals surface area contributed by atoms with Crippen molar-refractivity contribution in [3.05, 3.63) is 83.9 Å². The van der Waals surface area contributed by atoms with Crippen LogP contribution in [0.3, 0.4) is 0 Å². The first-order chi connectivity index (χ1) is 14.3. The molecule has 3 aromatic heterocycles. The molecule has 0 saturated carbocycles. The Morgan fingerprint density at radius 1 is 0.931 bits per heavy atom. The first-order valence-electron chi connectivity index (χ1n) is 9.26. The normalized spacial score (nSPS) is 10.2. The van der Waals surface area contributed by atoms with Crippen molar-refractivity contribution in [3.63, 3.8) is 0 Å². The number of hydrogen-bond donors (Lipinski definition) is 1. The second-order valence-electron chi connectivity index (χ2n) is 6.25. The summed E-state index contributed by atoms with van der Waals surface area (Å²) < 4.78 is 5.94. The van der Waals surface area contributed by atoms with Gasteiger partial charge in [-0.3, -0.25) is 4.98 Å². The Bertz CT molecular complexity index is 1160. The van der Waals surface area contributed by atoms with E-state index in [4.69, 9.17) is 4.74 Å². The highest BCUT2D eigenvalue weighted by atomic mass is 16.5. The molecule has 0 saturated heterocycles. The van der Waals surface area contributed by atoms with Crippen LogP contribution in [0, 0.1) is 11.8 Å². The maximum Gasteiger partial charge on any atom is 0.249 e. The van der Waals surface area contributed by atoms with E-state index in [1.165, 1.54) is 0 Å². The highest BCUT2D eigenvalue weighted by Crippen LogP contribution is 2.17. The number of nitrogens with zero attached hydrogens (tertiary/aromatic N) is 4. The summed E-state index contributed by atoms with van der Waals surface area (Å²) in [6, 6.07) is 15.5. The third-order valence-corrected chi connectivity index (χ3v) is 4.29. The molecule has 0 amide bonds. The lowest BCUT2D eigenvalue weighted by atomic mass is 10.2. The first-order valence-corrected chi connectivity index (χ1v) is 9.26. The lowest BCUT2D eigenvalue weighted by molar-refractivity contribution is 0.308. The number of aromatic nitrogens is 4. The average molecular weight is 381 g/mol. The number of fused-ring (bicyclic) bond motifs is 1. The van der Waals surface area contributed by atoms with Gasteiger partial charge in [-0.2, -0.15) is 0 Å². The number of rotatable bonds is 5. The van der Waals surface area contributed by atoms with E-state index in [1.807, 2.05) is 55.6 Å². The predicted molar refractivity (Wildman–Crippen MR) is 113 cm³/mol. The maximum absolute atomic E-state index is 5.94. The molecule has 0 atom stereocenters. The van der Waals surface area contributed by atoms with Crippen molar-refractivity contribution in [1.29, 1.82) is 0 Å². The molecule has 4 rings (SSSR count). The van der Waals surface area contributed by atoms with Gasteiger partial charge in [0.15, 0.2) is 11.3 Å². The second kappa shape index (κ2) is 8.81. The van der Waals surface area contributed by atoms with Gasteiger partial charge in [0, 0.05) is 43.3 Å². The van der Waals surface area contributed by atoms with Crippen molar-refractivity contribution in [1.82, 2.24) is 19.9 Å². The largest absolute Gasteiger partial charge is 0.475 e. The van der Waals surface area contributed by atoms with Gasteiger partial charge in [-0.25, -0.2) is 15.0 Å². The Kier molecular flexibility index (Phi) is 5.58. The monoisotopic (exact) mass is 381 g/mol. The molecule has 0 radical (unpaired) electrons. The zero-order chi connectivity index (χ0) is 19.9. The molecule has 0 aliphatic heterocycles. The van der Waals surface area contributed by atoms with Crippen LogP contribution in [0.1, 0.15) is 16.8 Å². The average Bonchev–Trinajstić information content (AvgIpc) is 2.78. The molecule has 0 unspecified atom stereocenters. The molecule has 0 bridgehead atoms. The summed E-state index contributed by atoms with van der Waals surface area (Å²) in [7, 11) is 1.88. The highest BCUT2D eigenvalue weighted by Gasteiger charge is 2.09. The molecule has 6 heteroatoms. The van der Waals surface area contributed by atoms with Gasteiger partial charge in [0.2, 0.25) is 5.88 Å². The summed E-state index contributed by atoms with van der Waals surface area (Å²) in [4.78, 5) is 17.4. The number of ether oxygens (including phenoxy) is 1. The van der Waals surface area contributed by atoms with E-state index < -0.39 is 0 Å². The van der Waals surface area contributed by atoms with Crippen LogP contribution < -0.4 is 10.1 Å². The van der Waals surface area contributed by atoms with Gasteiger partial charge >= 0.3 is 0 Å². The maximum atomic E-state index is 5.94. The molecule has 142 valence electrons. The molecule has 6 nitrogen and oxygen atoms in total. The van der Waals surface area contributed by atoms with Gasteiger partial charge in [0.05, 0.1) is 6.61 Å². The van der Waals surface area contributed by atoms with Crippen LogP contribution in [0.15, 0.2) is 67.1 Å². The van der Waals surface area contributed by atoms with Crippen LogP contribution in [-0.4, -0.2) is 33.6 Å². The standard InChI is InChI=1S/C23H19N5O/c1-24-19-7-4-17(5-8-19)6-9-21-23(28-20-3-2-13-26-22(20)27-21)29-16-12-18-10-14-25-15-11-18/h2-5,7-8,10-11,13-15,24H,12,16H2,1H3. The lowest BCUT2D eigenvalue weighted by Gasteiger charge is -2.08. The summed E-state index contributed by atoms with van der Waals surface area (Å²) in [6.45, 7) is 0.468. The van der Waals surface area contributed by atoms with Gasteiger partial charge in [-0.15, -0.1) is 0 Å². The molecule has 1 N–H and O–H groups in total. The van der Waals surface area contributed by atoms with Crippen molar-refractivity contribution in [2.45, 2.75) is 6.42 Å². The van der Waals surface area contributed by atoms with Gasteiger partial charge in [0.25, 0.3) is 0 Å². The summed E-state index contributed by atoms with van der Waals surface area (Å²) in [5, 5.41) is 3.09. The number of pyridine rings is 2. The molecule has 0 aliphatic carbocycles. The van der Waals surface area contributed by atoms with E-state index in [9.17, 15) is 0 Å². The molecule has 1 aromatic carbocycles. The van der Waals surface area contributed by atoms with E-state index >= 15 is 0 Å². The smallest absolute Gasteiger partial charge is 0.249 e. The Labute approximate surface area is 169 Å². The first kappa shape index (κ1) is 18.4. The third-order valence-electron chi connectivity index (χ3n) is 4.29. The molecule has 0 spiro atoms. The van der Waals surface area contributed by atoms with Gasteiger partial charge in [0.1, 0.15) is 5.52 Å². The van der Waals surface area contributed by atoms with E-state index in [0.29, 0.717) is 29.3 Å². The Hall–Kier alpha value is -3.98. The third kappa shape index (κ3) is 4.66. The van der Waals surface area contributed by atoms with E-state index in [0.717, 1.165) is 23.2 Å². The minimum atomic E-state index is 0.416. The lowest BCUT2D eigenvalue weighted by Crippen LogP contribution is -2.06. The van der Waals surface area contributed by atoms with Crippen LogP contribution in [0.5, 0.6) is 5.88 Å². The van der Waals surface area contributed by atoms with Crippen molar-refractivity contribution in [2.24, 2.45) is 0 Å². The van der Waals surface area contributed by atoms with Crippen molar-refractivity contribution >= 4 is 16.9 Å². The number of nitrogens with one attached hydrogen (secondary N) is 1. The van der Waals surface area contributed by atoms with Crippen LogP contribution in [0.25, 0.3) is 11.2 Å². The van der Waals surface area contributed by atoms with Crippen molar-refractivity contribution in [2.75, 3.05) is 19.0 Å². The van der Waals surface area contributed by atoms with Crippen LogP contribution in [0.4, 0.5) is 5.69 Å². The fourth-order valence-electron chi connectivity index (χ4n) is 2.73. The predicted octanol–water partition coefficient (Wildman–Crippen LogP) is 3.48. The summed E-state index contributed by atoms with van der Waals surface area (Å²) in [5.41, 5.74) is 4.76. The van der Waals surface area contributed by atoms with E-state index in [2.05, 4.69) is 37.1 Å². The number of hydrogen-bond acceptors (Lipinski definition) is 6. The van der Waals surface area contributed by atoms with Crippen LogP contribution in [-0.2, 0) is 6.42 Å². The highest BCUT2D eigenvalue weighted by molar-refractivity contribution is 5.71. The fraction of sp³-hybridized carbons (Fsp3) is 0.130. The Balaban J connectivity index is 1.60. The zero-order valence-corrected chi connectivity index (χ0v) is 16.0. The van der Waals surface area contributed by atoms with Gasteiger partial charge < -0.3 is 10.1 Å².